The first-order valence-electron chi connectivity index (χ1n) is 47.1. The Morgan fingerprint density at radius 2 is 0.496 bits per heavy atom. The van der Waals surface area contributed by atoms with Gasteiger partial charge in [0.15, 0.2) is 0 Å². The number of carbonyl (C=O) groups excluding carboxylic acids is 4. The molecule has 0 bridgehead atoms. The fraction of sp³-hybridized carbons (Fsp3) is 0.787. The third-order valence-corrected chi connectivity index (χ3v) is 19.3. The summed E-state index contributed by atoms with van der Waals surface area (Å²) in [6.07, 6.45) is 19.0. The molecule has 1 aromatic heterocycles. The third kappa shape index (κ3) is 75.3. The molecule has 3 rings (SSSR count). The Morgan fingerprint density at radius 1 is 0.264 bits per heavy atom. The number of carbonyl (C=O) groups is 4. The third-order valence-electron chi connectivity index (χ3n) is 19.3. The highest BCUT2D eigenvalue weighted by molar-refractivity contribution is 6.02. The fourth-order valence-corrected chi connectivity index (χ4v) is 12.2. The number of aromatic hydroxyl groups is 2. The van der Waals surface area contributed by atoms with Crippen molar-refractivity contribution in [3.05, 3.63) is 83.9 Å². The molecule has 0 aliphatic heterocycles. The lowest BCUT2D eigenvalue weighted by Crippen LogP contribution is -2.48. The van der Waals surface area contributed by atoms with Crippen molar-refractivity contribution in [1.82, 2.24) is 10.0 Å². The highest BCUT2D eigenvalue weighted by Crippen LogP contribution is 2.35. The van der Waals surface area contributed by atoms with Gasteiger partial charge >= 0.3 is 17.9 Å². The van der Waals surface area contributed by atoms with Gasteiger partial charge in [-0.3, -0.25) is 14.4 Å². The SMILES string of the molecule is CCCCCCCCCCCC(CCCCCCCCCCC(=O)OCc1ccccc1)(C(=O)NCCOCCOCCOCCOCCOCCOCCOCCOCCOCCOCCOCCOCCOCCOCCOCCOCCOCCOCCOCCOCCOCCOCCOCCOCCC(=O)On1c(O)ccc1O)C(=O)OCc1ccccc1. The van der Waals surface area contributed by atoms with Crippen LogP contribution in [0.2, 0.25) is 0 Å². The van der Waals surface area contributed by atoms with Gasteiger partial charge in [0.2, 0.25) is 17.7 Å². The minimum absolute atomic E-state index is 0.0579. The van der Waals surface area contributed by atoms with Crippen molar-refractivity contribution in [2.24, 2.45) is 5.41 Å². The number of unbranched alkanes of at least 4 members (excludes halogenated alkanes) is 15. The Labute approximate surface area is 767 Å². The summed E-state index contributed by atoms with van der Waals surface area (Å²) < 4.78 is 145. The molecule has 1 amide bonds. The van der Waals surface area contributed by atoms with Gasteiger partial charge in [0, 0.05) is 25.1 Å². The van der Waals surface area contributed by atoms with Gasteiger partial charge < -0.3 is 144 Å². The molecule has 0 fully saturated rings. The van der Waals surface area contributed by atoms with Gasteiger partial charge in [-0.1, -0.05) is 170 Å². The minimum atomic E-state index is -1.30. The first-order valence-corrected chi connectivity index (χ1v) is 47.1. The molecule has 0 saturated heterocycles. The Bertz CT molecular complexity index is 2880. The van der Waals surface area contributed by atoms with Crippen LogP contribution in [0.3, 0.4) is 0 Å². The molecule has 35 nitrogen and oxygen atoms in total. The van der Waals surface area contributed by atoms with Gasteiger partial charge in [0.25, 0.3) is 0 Å². The van der Waals surface area contributed by atoms with E-state index in [0.29, 0.717) is 328 Å². The van der Waals surface area contributed by atoms with E-state index in [4.69, 9.17) is 128 Å². The summed E-state index contributed by atoms with van der Waals surface area (Å²) in [4.78, 5) is 57.5. The number of ether oxygens (including phenoxy) is 26. The Morgan fingerprint density at radius 3 is 0.767 bits per heavy atom. The number of nitrogens with zero attached hydrogens (tertiary/aromatic N) is 1. The lowest BCUT2D eigenvalue weighted by atomic mass is 9.76. The number of rotatable bonds is 103. The Kier molecular flexibility index (Phi) is 84.3. The topological polar surface area (TPSA) is 375 Å². The molecular formula is C94H162N2O33. The van der Waals surface area contributed by atoms with Crippen LogP contribution < -0.4 is 10.2 Å². The zero-order chi connectivity index (χ0) is 91.9. The first-order chi connectivity index (χ1) is 63.7. The number of hydrogen-bond acceptors (Lipinski definition) is 33. The van der Waals surface area contributed by atoms with E-state index >= 15 is 0 Å². The van der Waals surface area contributed by atoms with Gasteiger partial charge in [0.05, 0.1) is 324 Å². The Hall–Kier alpha value is -5.76. The molecule has 3 N–H and O–H groups in total. The molecular weight excluding hydrogens is 1690 g/mol. The molecule has 2 aromatic carbocycles. The molecule has 1 heterocycles. The maximum atomic E-state index is 14.4. The second-order valence-electron chi connectivity index (χ2n) is 29.7. The predicted molar refractivity (Wildman–Crippen MR) is 480 cm³/mol. The van der Waals surface area contributed by atoms with E-state index in [1.54, 1.807) is 0 Å². The Balaban J connectivity index is 0.963. The van der Waals surface area contributed by atoms with Crippen molar-refractivity contribution < 1.29 is 157 Å². The van der Waals surface area contributed by atoms with Gasteiger partial charge in [-0.2, -0.15) is 0 Å². The molecule has 0 radical (unpaired) electrons. The highest BCUT2D eigenvalue weighted by atomic mass is 16.7. The summed E-state index contributed by atoms with van der Waals surface area (Å²) in [5.41, 5.74) is 0.569. The zero-order valence-corrected chi connectivity index (χ0v) is 77.8. The summed E-state index contributed by atoms with van der Waals surface area (Å²) in [5, 5.41) is 22.0. The van der Waals surface area contributed by atoms with Gasteiger partial charge in [0.1, 0.15) is 18.6 Å². The number of benzene rings is 2. The van der Waals surface area contributed by atoms with Crippen LogP contribution >= 0.6 is 0 Å². The summed E-state index contributed by atoms with van der Waals surface area (Å²) in [6, 6.07) is 21.7. The number of nitrogens with one attached hydrogen (secondary N) is 1. The molecule has 35 heteroatoms. The van der Waals surface area contributed by atoms with Crippen molar-refractivity contribution in [2.45, 2.75) is 155 Å². The number of hydrogen-bond donors (Lipinski definition) is 3. The van der Waals surface area contributed by atoms with Crippen LogP contribution in [-0.2, 0) is 156 Å². The van der Waals surface area contributed by atoms with Crippen LogP contribution in [0.25, 0.3) is 0 Å². The van der Waals surface area contributed by atoms with E-state index in [2.05, 4.69) is 12.2 Å². The summed E-state index contributed by atoms with van der Waals surface area (Å²) in [6.45, 7) is 23.6. The quantitative estimate of drug-likeness (QED) is 0.0268. The second kappa shape index (κ2) is 92.7. The standard InChI is InChI=1S/C94H162N2O33/c1-2-3-4-5-6-8-11-14-23-33-94(93(102)128-85-87-27-20-17-21-28-87,34-24-15-12-9-7-10-13-22-29-90(99)127-84-86-25-18-16-19-26-86)92(101)95-35-37-104-39-41-106-43-45-108-47-49-110-51-53-112-55-57-114-59-61-116-63-65-118-67-69-120-71-73-122-75-77-124-79-81-126-83-82-125-80-78-123-76-74-121-72-70-119-68-66-117-64-62-115-60-58-113-56-54-111-52-50-109-48-46-107-44-42-105-40-38-103-36-32-91(100)129-96-88(97)30-31-89(96)98/h16-21,25-28,30-31,97-98H,2-15,22-24,29,32-85H2,1H3,(H,95,101). The molecule has 1 unspecified atom stereocenters. The van der Waals surface area contributed by atoms with Crippen LogP contribution in [0.4, 0.5) is 0 Å². The lowest BCUT2D eigenvalue weighted by molar-refractivity contribution is -0.164. The fourth-order valence-electron chi connectivity index (χ4n) is 12.2. The average Bonchev–Trinajstić information content (AvgIpc) is 1.37. The summed E-state index contributed by atoms with van der Waals surface area (Å²) >= 11 is 0. The van der Waals surface area contributed by atoms with Crippen LogP contribution in [0.5, 0.6) is 11.8 Å². The maximum Gasteiger partial charge on any atom is 0.335 e. The van der Waals surface area contributed by atoms with Crippen LogP contribution in [-0.4, -0.2) is 362 Å². The predicted octanol–water partition coefficient (Wildman–Crippen LogP) is 10.1. The molecule has 746 valence electrons. The average molecular weight is 1850 g/mol. The zero-order valence-electron chi connectivity index (χ0n) is 77.8. The van der Waals surface area contributed by atoms with Gasteiger partial charge in [-0.15, -0.1) is 4.73 Å². The first kappa shape index (κ1) is 117. The van der Waals surface area contributed by atoms with E-state index < -0.39 is 17.4 Å². The van der Waals surface area contributed by atoms with E-state index in [1.807, 2.05) is 60.7 Å². The monoisotopic (exact) mass is 1850 g/mol. The van der Waals surface area contributed by atoms with Gasteiger partial charge in [-0.25, -0.2) is 4.79 Å². The second-order valence-corrected chi connectivity index (χ2v) is 29.7. The normalized spacial score (nSPS) is 12.0. The molecule has 0 spiro atoms. The van der Waals surface area contributed by atoms with Crippen molar-refractivity contribution >= 4 is 23.8 Å². The molecule has 0 aliphatic rings. The number of esters is 2. The van der Waals surface area contributed by atoms with Crippen molar-refractivity contribution in [3.63, 3.8) is 0 Å². The maximum absolute atomic E-state index is 14.4. The van der Waals surface area contributed by atoms with Crippen LogP contribution in [0.15, 0.2) is 72.8 Å². The minimum Gasteiger partial charge on any atom is -0.492 e. The number of amides is 1. The van der Waals surface area contributed by atoms with Crippen molar-refractivity contribution in [2.75, 3.05) is 324 Å². The van der Waals surface area contributed by atoms with Crippen LogP contribution in [0.1, 0.15) is 153 Å². The highest BCUT2D eigenvalue weighted by Gasteiger charge is 2.46. The van der Waals surface area contributed by atoms with Crippen molar-refractivity contribution in [1.29, 1.82) is 0 Å². The smallest absolute Gasteiger partial charge is 0.335 e. The molecule has 0 aliphatic carbocycles. The van der Waals surface area contributed by atoms with E-state index in [-0.39, 0.29) is 63.0 Å². The van der Waals surface area contributed by atoms with E-state index in [1.165, 1.54) is 44.2 Å². The molecule has 129 heavy (non-hydrogen) atoms. The molecule has 1 atom stereocenters. The van der Waals surface area contributed by atoms with E-state index in [0.717, 1.165) is 88.2 Å². The van der Waals surface area contributed by atoms with Crippen LogP contribution in [0, 0.1) is 5.41 Å². The van der Waals surface area contributed by atoms with E-state index in [9.17, 15) is 29.4 Å². The summed E-state index contributed by atoms with van der Waals surface area (Å²) in [5.74, 6) is -2.34. The lowest BCUT2D eigenvalue weighted by Gasteiger charge is -2.31. The summed E-state index contributed by atoms with van der Waals surface area (Å²) in [7, 11) is 0. The molecule has 3 aromatic rings. The molecule has 0 saturated carbocycles. The van der Waals surface area contributed by atoms with Gasteiger partial charge in [-0.05, 0) is 30.4 Å². The largest absolute Gasteiger partial charge is 0.492 e. The number of aromatic nitrogens is 1. The van der Waals surface area contributed by atoms with Crippen molar-refractivity contribution in [3.8, 4) is 11.8 Å².